The zero-order valence-corrected chi connectivity index (χ0v) is 11.8. The third-order valence-electron chi connectivity index (χ3n) is 3.48. The Morgan fingerprint density at radius 1 is 1.09 bits per heavy atom. The molecule has 4 rings (SSSR count). The number of aryl methyl sites for hydroxylation is 1. The van der Waals surface area contributed by atoms with Gasteiger partial charge < -0.3 is 9.72 Å². The molecule has 0 fully saturated rings. The molecule has 4 heterocycles. The van der Waals surface area contributed by atoms with E-state index in [1.54, 1.807) is 28.9 Å². The maximum absolute atomic E-state index is 12.4. The number of nitrogens with one attached hydrogen (secondary N) is 1. The molecule has 0 aliphatic heterocycles. The normalized spacial score (nSPS) is 11.1. The lowest BCUT2D eigenvalue weighted by Gasteiger charge is -2.06. The highest BCUT2D eigenvalue weighted by molar-refractivity contribution is 6.04. The fourth-order valence-corrected chi connectivity index (χ4v) is 2.34. The number of aromatic nitrogens is 5. The number of hydrogen-bond donors (Lipinski definition) is 1. The number of carbonyl (C=O) groups is 1. The summed E-state index contributed by atoms with van der Waals surface area (Å²) < 4.78 is 3.64. The van der Waals surface area contributed by atoms with E-state index in [2.05, 4.69) is 20.5 Å². The second-order valence-electron chi connectivity index (χ2n) is 4.96. The first-order chi connectivity index (χ1) is 10.7. The number of rotatable bonds is 2. The van der Waals surface area contributed by atoms with Crippen molar-refractivity contribution in [3.8, 4) is 0 Å². The summed E-state index contributed by atoms with van der Waals surface area (Å²) in [6, 6.07) is 7.17. The van der Waals surface area contributed by atoms with Gasteiger partial charge in [-0.05, 0) is 31.2 Å². The number of nitrogens with zero attached hydrogens (tertiary/aromatic N) is 5. The number of pyridine rings is 2. The molecule has 22 heavy (non-hydrogen) atoms. The average Bonchev–Trinajstić information content (AvgIpc) is 3.13. The summed E-state index contributed by atoms with van der Waals surface area (Å²) in [7, 11) is 0. The van der Waals surface area contributed by atoms with Gasteiger partial charge in [0.05, 0.1) is 11.3 Å². The maximum Gasteiger partial charge on any atom is 0.257 e. The van der Waals surface area contributed by atoms with Crippen molar-refractivity contribution in [3.05, 3.63) is 60.4 Å². The Morgan fingerprint density at radius 2 is 1.95 bits per heavy atom. The number of carbonyl (C=O) groups excluding carboxylic acids is 1. The number of amides is 1. The molecule has 108 valence electrons. The maximum atomic E-state index is 12.4. The Morgan fingerprint density at radius 3 is 2.86 bits per heavy atom. The van der Waals surface area contributed by atoms with Crippen molar-refractivity contribution in [2.75, 3.05) is 5.32 Å². The molecule has 0 unspecified atom stereocenters. The quantitative estimate of drug-likeness (QED) is 0.612. The van der Waals surface area contributed by atoms with Crippen LogP contribution >= 0.6 is 0 Å². The standard InChI is InChI=1S/C15H12N6O/c1-10-18-19-14-4-2-11(8-21(10)14)15(22)17-12-3-5-13-16-6-7-20(13)9-12/h2-9H,1H3,(H,17,22). The van der Waals surface area contributed by atoms with Gasteiger partial charge in [-0.2, -0.15) is 0 Å². The highest BCUT2D eigenvalue weighted by Crippen LogP contribution is 2.12. The summed E-state index contributed by atoms with van der Waals surface area (Å²) in [5, 5.41) is 10.9. The zero-order valence-electron chi connectivity index (χ0n) is 11.8. The van der Waals surface area contributed by atoms with Crippen LogP contribution in [0.2, 0.25) is 0 Å². The van der Waals surface area contributed by atoms with Crippen LogP contribution in [-0.4, -0.2) is 29.9 Å². The number of hydrogen-bond acceptors (Lipinski definition) is 4. The van der Waals surface area contributed by atoms with Gasteiger partial charge in [0.15, 0.2) is 5.65 Å². The summed E-state index contributed by atoms with van der Waals surface area (Å²) in [5.74, 6) is 0.555. The number of fused-ring (bicyclic) bond motifs is 2. The molecule has 0 radical (unpaired) electrons. The molecule has 4 aromatic rings. The summed E-state index contributed by atoms with van der Waals surface area (Å²) in [6.45, 7) is 1.84. The first-order valence-corrected chi connectivity index (χ1v) is 6.76. The van der Waals surface area contributed by atoms with Crippen LogP contribution in [0.4, 0.5) is 5.69 Å². The highest BCUT2D eigenvalue weighted by Gasteiger charge is 2.09. The van der Waals surface area contributed by atoms with E-state index in [9.17, 15) is 4.79 Å². The third-order valence-corrected chi connectivity index (χ3v) is 3.48. The Hall–Kier alpha value is -3.22. The van der Waals surface area contributed by atoms with E-state index in [0.717, 1.165) is 11.5 Å². The predicted molar refractivity (Wildman–Crippen MR) is 80.9 cm³/mol. The minimum Gasteiger partial charge on any atom is -0.321 e. The largest absolute Gasteiger partial charge is 0.321 e. The van der Waals surface area contributed by atoms with Crippen molar-refractivity contribution < 1.29 is 4.79 Å². The first kappa shape index (κ1) is 12.5. The zero-order chi connectivity index (χ0) is 15.1. The van der Waals surface area contributed by atoms with E-state index in [4.69, 9.17) is 0 Å². The molecule has 7 heteroatoms. The summed E-state index contributed by atoms with van der Waals surface area (Å²) in [6.07, 6.45) is 7.10. The molecule has 7 nitrogen and oxygen atoms in total. The van der Waals surface area contributed by atoms with Crippen LogP contribution < -0.4 is 5.32 Å². The van der Waals surface area contributed by atoms with Crippen LogP contribution in [0, 0.1) is 6.92 Å². The van der Waals surface area contributed by atoms with Crippen molar-refractivity contribution in [1.82, 2.24) is 24.0 Å². The van der Waals surface area contributed by atoms with Gasteiger partial charge in [-0.3, -0.25) is 9.20 Å². The van der Waals surface area contributed by atoms with Crippen molar-refractivity contribution in [3.63, 3.8) is 0 Å². The van der Waals surface area contributed by atoms with Crippen LogP contribution in [0.3, 0.4) is 0 Å². The molecule has 0 aromatic carbocycles. The molecule has 0 atom stereocenters. The molecule has 0 aliphatic rings. The lowest BCUT2D eigenvalue weighted by molar-refractivity contribution is 0.102. The van der Waals surface area contributed by atoms with E-state index in [0.29, 0.717) is 16.9 Å². The molecular formula is C15H12N6O. The van der Waals surface area contributed by atoms with Gasteiger partial charge in [-0.1, -0.05) is 0 Å². The minimum absolute atomic E-state index is 0.186. The van der Waals surface area contributed by atoms with Gasteiger partial charge in [0, 0.05) is 24.8 Å². The number of imidazole rings is 1. The highest BCUT2D eigenvalue weighted by atomic mass is 16.1. The van der Waals surface area contributed by atoms with Crippen LogP contribution in [0.5, 0.6) is 0 Å². The summed E-state index contributed by atoms with van der Waals surface area (Å²) in [5.41, 5.74) is 2.80. The Labute approximate surface area is 125 Å². The van der Waals surface area contributed by atoms with Gasteiger partial charge in [0.1, 0.15) is 11.5 Å². The van der Waals surface area contributed by atoms with Crippen molar-refractivity contribution in [2.45, 2.75) is 6.92 Å². The van der Waals surface area contributed by atoms with Gasteiger partial charge in [0.2, 0.25) is 0 Å². The van der Waals surface area contributed by atoms with Gasteiger partial charge in [-0.25, -0.2) is 4.98 Å². The van der Waals surface area contributed by atoms with E-state index < -0.39 is 0 Å². The summed E-state index contributed by atoms with van der Waals surface area (Å²) >= 11 is 0. The second kappa shape index (κ2) is 4.66. The molecule has 0 saturated carbocycles. The predicted octanol–water partition coefficient (Wildman–Crippen LogP) is 1.94. The van der Waals surface area contributed by atoms with Crippen molar-refractivity contribution in [2.24, 2.45) is 0 Å². The van der Waals surface area contributed by atoms with E-state index in [-0.39, 0.29) is 5.91 Å². The molecule has 0 saturated heterocycles. The SMILES string of the molecule is Cc1nnc2ccc(C(=O)Nc3ccc4nccn4c3)cn12. The third kappa shape index (κ3) is 1.99. The molecular weight excluding hydrogens is 280 g/mol. The molecule has 0 spiro atoms. The van der Waals surface area contributed by atoms with E-state index in [1.807, 2.05) is 35.9 Å². The van der Waals surface area contributed by atoms with Crippen LogP contribution in [0.25, 0.3) is 11.3 Å². The van der Waals surface area contributed by atoms with Gasteiger partial charge in [0.25, 0.3) is 5.91 Å². The molecule has 0 bridgehead atoms. The Balaban J connectivity index is 1.65. The average molecular weight is 292 g/mol. The lowest BCUT2D eigenvalue weighted by Crippen LogP contribution is -2.13. The topological polar surface area (TPSA) is 76.6 Å². The molecule has 0 aliphatic carbocycles. The monoisotopic (exact) mass is 292 g/mol. The summed E-state index contributed by atoms with van der Waals surface area (Å²) in [4.78, 5) is 16.5. The first-order valence-electron chi connectivity index (χ1n) is 6.76. The fraction of sp³-hybridized carbons (Fsp3) is 0.0667. The van der Waals surface area contributed by atoms with Crippen molar-refractivity contribution in [1.29, 1.82) is 0 Å². The van der Waals surface area contributed by atoms with E-state index >= 15 is 0 Å². The van der Waals surface area contributed by atoms with Crippen LogP contribution in [-0.2, 0) is 0 Å². The second-order valence-corrected chi connectivity index (χ2v) is 4.96. The van der Waals surface area contributed by atoms with Crippen LogP contribution in [0.1, 0.15) is 16.2 Å². The van der Waals surface area contributed by atoms with Crippen LogP contribution in [0.15, 0.2) is 49.1 Å². The van der Waals surface area contributed by atoms with Gasteiger partial charge >= 0.3 is 0 Å². The minimum atomic E-state index is -0.186. The number of anilines is 1. The molecule has 4 aromatic heterocycles. The Kier molecular flexibility index (Phi) is 2.65. The Bertz CT molecular complexity index is 1000. The lowest BCUT2D eigenvalue weighted by atomic mass is 10.2. The van der Waals surface area contributed by atoms with Gasteiger partial charge in [-0.15, -0.1) is 10.2 Å². The van der Waals surface area contributed by atoms with E-state index in [1.165, 1.54) is 0 Å². The smallest absolute Gasteiger partial charge is 0.257 e. The van der Waals surface area contributed by atoms with Crippen molar-refractivity contribution >= 4 is 22.9 Å². The molecule has 1 amide bonds. The fourth-order valence-electron chi connectivity index (χ4n) is 2.34. The molecule has 1 N–H and O–H groups in total.